The Hall–Kier alpha value is -3.18. The van der Waals surface area contributed by atoms with Crippen LogP contribution in [0.15, 0.2) is 70.6 Å². The third kappa shape index (κ3) is 6.04. The van der Waals surface area contributed by atoms with Gasteiger partial charge in [-0.05, 0) is 56.3 Å². The van der Waals surface area contributed by atoms with Gasteiger partial charge in [-0.2, -0.15) is 4.99 Å². The lowest BCUT2D eigenvalue weighted by atomic mass is 10.2. The van der Waals surface area contributed by atoms with E-state index in [4.69, 9.17) is 27.9 Å². The maximum atomic E-state index is 13.1. The van der Waals surface area contributed by atoms with Gasteiger partial charge in [0.05, 0.1) is 31.8 Å². The predicted molar refractivity (Wildman–Crippen MR) is 145 cm³/mol. The molecule has 1 heterocycles. The molecule has 0 atom stereocenters. The van der Waals surface area contributed by atoms with E-state index in [0.29, 0.717) is 20.3 Å². The fourth-order valence-corrected chi connectivity index (χ4v) is 6.17. The van der Waals surface area contributed by atoms with Crippen LogP contribution in [0.1, 0.15) is 22.8 Å². The van der Waals surface area contributed by atoms with Gasteiger partial charge in [-0.1, -0.05) is 58.3 Å². The minimum atomic E-state index is -3.86. The molecule has 0 aliphatic rings. The average molecular weight is 578 g/mol. The Labute approximate surface area is 227 Å². The molecule has 0 radical (unpaired) electrons. The quantitative estimate of drug-likeness (QED) is 0.295. The number of hydrogen-bond donors (Lipinski definition) is 1. The summed E-state index contributed by atoms with van der Waals surface area (Å²) >= 11 is 13.8. The molecular weight excluding hydrogens is 557 g/mol. The number of benzene rings is 3. The van der Waals surface area contributed by atoms with Crippen LogP contribution in [0, 0.1) is 6.92 Å². The number of nitrogens with one attached hydrogen (secondary N) is 1. The number of esters is 1. The lowest BCUT2D eigenvalue weighted by Crippen LogP contribution is -2.23. The minimum absolute atomic E-state index is 0.0959. The Morgan fingerprint density at radius 2 is 1.76 bits per heavy atom. The molecule has 0 saturated carbocycles. The van der Waals surface area contributed by atoms with E-state index in [1.165, 1.54) is 34.9 Å². The van der Waals surface area contributed by atoms with Gasteiger partial charge >= 0.3 is 5.97 Å². The first-order chi connectivity index (χ1) is 17.6. The number of carbonyl (C=O) groups is 2. The van der Waals surface area contributed by atoms with Crippen molar-refractivity contribution in [2.75, 3.05) is 11.3 Å². The number of hydrogen-bond acceptors (Lipinski definition) is 6. The van der Waals surface area contributed by atoms with Gasteiger partial charge in [0.2, 0.25) is 0 Å². The van der Waals surface area contributed by atoms with Crippen LogP contribution in [0.5, 0.6) is 0 Å². The number of ether oxygens (including phenoxy) is 1. The van der Waals surface area contributed by atoms with Gasteiger partial charge in [-0.3, -0.25) is 14.3 Å². The number of thiazole rings is 1. The first kappa shape index (κ1) is 26.9. The Balaban J connectivity index is 1.72. The highest BCUT2D eigenvalue weighted by molar-refractivity contribution is 7.92. The van der Waals surface area contributed by atoms with Crippen LogP contribution in [-0.4, -0.2) is 31.5 Å². The first-order valence-electron chi connectivity index (χ1n) is 11.0. The number of anilines is 1. The van der Waals surface area contributed by atoms with Crippen LogP contribution in [0.2, 0.25) is 10.0 Å². The van der Waals surface area contributed by atoms with E-state index < -0.39 is 21.9 Å². The Kier molecular flexibility index (Phi) is 8.03. The van der Waals surface area contributed by atoms with Crippen LogP contribution in [-0.2, 0) is 26.1 Å². The topological polar surface area (TPSA) is 107 Å². The molecule has 0 fully saturated rings. The molecular formula is C25H21Cl2N3O5S2. The Bertz CT molecular complexity index is 1680. The molecule has 0 bridgehead atoms. The van der Waals surface area contributed by atoms with Gasteiger partial charge in [0, 0.05) is 11.3 Å². The van der Waals surface area contributed by atoms with Crippen LogP contribution in [0.25, 0.3) is 10.2 Å². The zero-order valence-corrected chi connectivity index (χ0v) is 22.8. The van der Waals surface area contributed by atoms with E-state index in [2.05, 4.69) is 9.71 Å². The molecule has 0 aliphatic heterocycles. The summed E-state index contributed by atoms with van der Waals surface area (Å²) in [6.45, 7) is 3.51. The van der Waals surface area contributed by atoms with Crippen molar-refractivity contribution >= 4 is 72.3 Å². The lowest BCUT2D eigenvalue weighted by molar-refractivity contribution is -0.143. The SMILES string of the molecule is CCOC(=O)Cn1c(=NC(=O)c2cccc(NS(=O)(=O)c3ccc(C)cc3)c2)sc2c(Cl)ccc(Cl)c21. The number of sulfonamides is 1. The number of halogens is 2. The van der Waals surface area contributed by atoms with E-state index in [0.717, 1.165) is 16.9 Å². The largest absolute Gasteiger partial charge is 0.465 e. The van der Waals surface area contributed by atoms with Crippen molar-refractivity contribution in [3.63, 3.8) is 0 Å². The second kappa shape index (κ2) is 11.1. The van der Waals surface area contributed by atoms with Gasteiger partial charge in [0.25, 0.3) is 15.9 Å². The van der Waals surface area contributed by atoms with Crippen molar-refractivity contribution in [3.8, 4) is 0 Å². The van der Waals surface area contributed by atoms with Gasteiger partial charge < -0.3 is 9.30 Å². The van der Waals surface area contributed by atoms with E-state index in [9.17, 15) is 18.0 Å². The summed E-state index contributed by atoms with van der Waals surface area (Å²) in [5.74, 6) is -1.17. The van der Waals surface area contributed by atoms with Crippen LogP contribution >= 0.6 is 34.5 Å². The number of nitrogens with zero attached hydrogens (tertiary/aromatic N) is 2. The summed E-state index contributed by atoms with van der Waals surface area (Å²) in [6, 6.07) is 15.6. The maximum absolute atomic E-state index is 13.1. The van der Waals surface area contributed by atoms with E-state index in [-0.39, 0.29) is 34.1 Å². The standard InChI is InChI=1S/C25H21Cl2N3O5S2/c1-3-35-21(31)14-30-22-19(26)11-12-20(27)23(22)36-25(30)28-24(32)16-5-4-6-17(13-16)29-37(33,34)18-9-7-15(2)8-10-18/h4-13,29H,3,14H2,1-2H3. The molecule has 1 amide bonds. The number of amides is 1. The molecule has 1 aromatic heterocycles. The lowest BCUT2D eigenvalue weighted by Gasteiger charge is -2.09. The van der Waals surface area contributed by atoms with Crippen molar-refractivity contribution in [3.05, 3.63) is 86.6 Å². The molecule has 37 heavy (non-hydrogen) atoms. The first-order valence-corrected chi connectivity index (χ1v) is 14.1. The van der Waals surface area contributed by atoms with Crippen LogP contribution < -0.4 is 9.52 Å². The molecule has 0 spiro atoms. The van der Waals surface area contributed by atoms with Crippen LogP contribution in [0.3, 0.4) is 0 Å². The van der Waals surface area contributed by atoms with Crippen LogP contribution in [0.4, 0.5) is 5.69 Å². The number of aryl methyl sites for hydroxylation is 1. The van der Waals surface area contributed by atoms with Gasteiger partial charge in [0.15, 0.2) is 4.80 Å². The second-order valence-electron chi connectivity index (χ2n) is 7.90. The monoisotopic (exact) mass is 577 g/mol. The average Bonchev–Trinajstić information content (AvgIpc) is 3.20. The van der Waals surface area contributed by atoms with Crippen molar-refractivity contribution < 1.29 is 22.7 Å². The van der Waals surface area contributed by atoms with Crippen molar-refractivity contribution in [1.29, 1.82) is 0 Å². The van der Waals surface area contributed by atoms with Crippen molar-refractivity contribution in [2.45, 2.75) is 25.3 Å². The summed E-state index contributed by atoms with van der Waals surface area (Å²) in [4.78, 5) is 29.9. The number of aromatic nitrogens is 1. The fourth-order valence-electron chi connectivity index (χ4n) is 3.48. The summed E-state index contributed by atoms with van der Waals surface area (Å²) in [5.41, 5.74) is 1.72. The third-order valence-electron chi connectivity index (χ3n) is 5.21. The molecule has 0 saturated heterocycles. The molecule has 4 aromatic rings. The number of carbonyl (C=O) groups excluding carboxylic acids is 2. The Morgan fingerprint density at radius 3 is 2.46 bits per heavy atom. The molecule has 4 rings (SSSR count). The fraction of sp³-hybridized carbons (Fsp3) is 0.160. The maximum Gasteiger partial charge on any atom is 0.326 e. The highest BCUT2D eigenvalue weighted by Crippen LogP contribution is 2.32. The number of fused-ring (bicyclic) bond motifs is 1. The predicted octanol–water partition coefficient (Wildman–Crippen LogP) is 5.42. The molecule has 8 nitrogen and oxygen atoms in total. The molecule has 12 heteroatoms. The van der Waals surface area contributed by atoms with Gasteiger partial charge in [0.1, 0.15) is 6.54 Å². The second-order valence-corrected chi connectivity index (χ2v) is 11.4. The minimum Gasteiger partial charge on any atom is -0.465 e. The zero-order chi connectivity index (χ0) is 26.7. The normalized spacial score (nSPS) is 12.1. The molecule has 192 valence electrons. The molecule has 0 unspecified atom stereocenters. The zero-order valence-electron chi connectivity index (χ0n) is 19.7. The highest BCUT2D eigenvalue weighted by atomic mass is 35.5. The summed E-state index contributed by atoms with van der Waals surface area (Å²) in [6.07, 6.45) is 0. The van der Waals surface area contributed by atoms with E-state index in [1.807, 2.05) is 6.92 Å². The Morgan fingerprint density at radius 1 is 1.05 bits per heavy atom. The molecule has 0 aliphatic carbocycles. The third-order valence-corrected chi connectivity index (χ3v) is 8.45. The van der Waals surface area contributed by atoms with Gasteiger partial charge in [-0.15, -0.1) is 0 Å². The van der Waals surface area contributed by atoms with E-state index >= 15 is 0 Å². The van der Waals surface area contributed by atoms with Crippen molar-refractivity contribution in [2.24, 2.45) is 4.99 Å². The van der Waals surface area contributed by atoms with Crippen molar-refractivity contribution in [1.82, 2.24) is 4.57 Å². The smallest absolute Gasteiger partial charge is 0.326 e. The summed E-state index contributed by atoms with van der Waals surface area (Å²) in [7, 11) is -3.86. The highest BCUT2D eigenvalue weighted by Gasteiger charge is 2.18. The molecule has 3 aromatic carbocycles. The van der Waals surface area contributed by atoms with Gasteiger partial charge in [-0.25, -0.2) is 8.42 Å². The summed E-state index contributed by atoms with van der Waals surface area (Å²) < 4.78 is 35.1. The molecule has 1 N–H and O–H groups in total. The summed E-state index contributed by atoms with van der Waals surface area (Å²) in [5, 5.41) is 0.727. The van der Waals surface area contributed by atoms with E-state index in [1.54, 1.807) is 37.3 Å². The number of rotatable bonds is 7.